The number of nitrogens with one attached hydrogen (secondary N) is 2. The molecule has 1 aromatic heterocycles. The van der Waals surface area contributed by atoms with Gasteiger partial charge in [-0.3, -0.25) is 10.1 Å². The fourth-order valence-corrected chi connectivity index (χ4v) is 3.25. The lowest BCUT2D eigenvalue weighted by molar-refractivity contribution is 0.0977. The Morgan fingerprint density at radius 2 is 1.93 bits per heavy atom. The van der Waals surface area contributed by atoms with Gasteiger partial charge in [0.05, 0.1) is 0 Å². The van der Waals surface area contributed by atoms with Crippen molar-refractivity contribution in [2.75, 3.05) is 5.32 Å². The molecule has 1 amide bonds. The fourth-order valence-electron chi connectivity index (χ4n) is 2.45. The van der Waals surface area contributed by atoms with Crippen LogP contribution in [0.5, 0.6) is 5.75 Å². The van der Waals surface area contributed by atoms with Crippen molar-refractivity contribution >= 4 is 51.6 Å². The highest BCUT2D eigenvalue weighted by atomic mass is 127. The molecule has 2 aromatic carbocycles. The molecule has 7 heteroatoms. The maximum atomic E-state index is 12.5. The molecule has 5 nitrogen and oxygen atoms in total. The third kappa shape index (κ3) is 5.74. The van der Waals surface area contributed by atoms with E-state index >= 15 is 0 Å². The summed E-state index contributed by atoms with van der Waals surface area (Å²) in [5.74, 6) is 0.919. The van der Waals surface area contributed by atoms with E-state index in [9.17, 15) is 4.79 Å². The van der Waals surface area contributed by atoms with Crippen molar-refractivity contribution in [1.29, 1.82) is 0 Å². The minimum absolute atomic E-state index is 0.192. The molecular weight excluding hydrogens is 485 g/mol. The number of aryl methyl sites for hydroxylation is 1. The number of pyridine rings is 1. The van der Waals surface area contributed by atoms with E-state index in [0.29, 0.717) is 23.7 Å². The second-order valence-electron chi connectivity index (χ2n) is 6.03. The smallest absolute Gasteiger partial charge is 0.257 e. The van der Waals surface area contributed by atoms with Crippen molar-refractivity contribution in [3.8, 4) is 5.75 Å². The first kappa shape index (κ1) is 20.2. The van der Waals surface area contributed by atoms with Gasteiger partial charge in [0.15, 0.2) is 5.11 Å². The van der Waals surface area contributed by atoms with Gasteiger partial charge in [-0.15, -0.1) is 0 Å². The van der Waals surface area contributed by atoms with Crippen molar-refractivity contribution in [2.24, 2.45) is 0 Å². The van der Waals surface area contributed by atoms with Crippen molar-refractivity contribution in [2.45, 2.75) is 13.5 Å². The molecule has 0 saturated carbocycles. The maximum absolute atomic E-state index is 12.5. The summed E-state index contributed by atoms with van der Waals surface area (Å²) >= 11 is 7.43. The zero-order chi connectivity index (χ0) is 19.9. The molecule has 0 aliphatic rings. The molecule has 3 aromatic rings. The highest BCUT2D eigenvalue weighted by Crippen LogP contribution is 2.16. The molecule has 0 fully saturated rings. The zero-order valence-corrected chi connectivity index (χ0v) is 18.1. The van der Waals surface area contributed by atoms with Crippen LogP contribution in [0.3, 0.4) is 0 Å². The molecule has 3 rings (SSSR count). The number of aromatic nitrogens is 1. The molecule has 0 atom stereocenters. The predicted molar refractivity (Wildman–Crippen MR) is 123 cm³/mol. The Kier molecular flexibility index (Phi) is 6.94. The van der Waals surface area contributed by atoms with E-state index in [4.69, 9.17) is 17.0 Å². The lowest BCUT2D eigenvalue weighted by Crippen LogP contribution is -2.34. The van der Waals surface area contributed by atoms with Gasteiger partial charge in [0, 0.05) is 15.3 Å². The summed E-state index contributed by atoms with van der Waals surface area (Å²) in [7, 11) is 0. The average molecular weight is 503 g/mol. The number of carbonyl (C=O) groups excluding carboxylic acids is 1. The quantitative estimate of drug-likeness (QED) is 0.391. The van der Waals surface area contributed by atoms with E-state index in [1.54, 1.807) is 24.4 Å². The van der Waals surface area contributed by atoms with Crippen LogP contribution in [0, 0.1) is 10.5 Å². The van der Waals surface area contributed by atoms with Gasteiger partial charge in [-0.25, -0.2) is 4.98 Å². The molecule has 0 bridgehead atoms. The number of carbonyl (C=O) groups is 1. The number of hydrogen-bond acceptors (Lipinski definition) is 4. The number of halogens is 1. The molecule has 0 aliphatic heterocycles. The number of rotatable bonds is 5. The summed E-state index contributed by atoms with van der Waals surface area (Å²) in [5, 5.41) is 5.82. The first-order valence-corrected chi connectivity index (χ1v) is 10.0. The highest BCUT2D eigenvalue weighted by molar-refractivity contribution is 14.1. The number of nitrogens with zero attached hydrogens (tertiary/aromatic N) is 1. The maximum Gasteiger partial charge on any atom is 0.257 e. The molecule has 0 radical (unpaired) electrons. The number of thiocarbonyl (C=S) groups is 1. The summed E-state index contributed by atoms with van der Waals surface area (Å²) in [6.45, 7) is 2.36. The molecule has 0 unspecified atom stereocenters. The number of amides is 1. The standard InChI is InChI=1S/C21H18IN3O2S/c1-14-10-17(22)12-23-19(14)24-21(28)25-20(26)16-8-5-9-18(11-16)27-13-15-6-3-2-4-7-15/h2-12H,13H2,1H3,(H2,23,24,25,26,28). The normalized spacial score (nSPS) is 10.2. The largest absolute Gasteiger partial charge is 0.489 e. The Morgan fingerprint density at radius 3 is 2.68 bits per heavy atom. The number of hydrogen-bond donors (Lipinski definition) is 2. The van der Waals surface area contributed by atoms with Crippen LogP contribution in [-0.2, 0) is 6.61 Å². The van der Waals surface area contributed by atoms with Gasteiger partial charge < -0.3 is 10.1 Å². The Hall–Kier alpha value is -2.52. The first-order valence-electron chi connectivity index (χ1n) is 8.52. The molecule has 0 aliphatic carbocycles. The van der Waals surface area contributed by atoms with Crippen LogP contribution in [0.4, 0.5) is 5.82 Å². The van der Waals surface area contributed by atoms with Crippen LogP contribution >= 0.6 is 34.8 Å². The summed E-state index contributed by atoms with van der Waals surface area (Å²) in [4.78, 5) is 16.8. The summed E-state index contributed by atoms with van der Waals surface area (Å²) in [6, 6.07) is 18.8. The third-order valence-electron chi connectivity index (χ3n) is 3.85. The molecule has 0 spiro atoms. The van der Waals surface area contributed by atoms with E-state index in [1.165, 1.54) is 0 Å². The van der Waals surface area contributed by atoms with Crippen LogP contribution in [0.15, 0.2) is 66.9 Å². The van der Waals surface area contributed by atoms with Crippen LogP contribution in [-0.4, -0.2) is 16.0 Å². The van der Waals surface area contributed by atoms with E-state index in [0.717, 1.165) is 14.7 Å². The summed E-state index contributed by atoms with van der Waals surface area (Å²) in [5.41, 5.74) is 2.46. The van der Waals surface area contributed by atoms with E-state index in [-0.39, 0.29) is 11.0 Å². The molecule has 0 saturated heterocycles. The number of anilines is 1. The van der Waals surface area contributed by atoms with Gasteiger partial charge in [0.25, 0.3) is 5.91 Å². The van der Waals surface area contributed by atoms with Gasteiger partial charge in [-0.05, 0) is 77.1 Å². The average Bonchev–Trinajstić information content (AvgIpc) is 2.69. The number of benzene rings is 2. The lowest BCUT2D eigenvalue weighted by Gasteiger charge is -2.12. The lowest BCUT2D eigenvalue weighted by atomic mass is 10.2. The first-order chi connectivity index (χ1) is 13.5. The second kappa shape index (κ2) is 9.61. The Labute approximate surface area is 182 Å². The molecular formula is C21H18IN3O2S. The van der Waals surface area contributed by atoms with Gasteiger partial charge in [0.1, 0.15) is 18.2 Å². The molecule has 28 heavy (non-hydrogen) atoms. The van der Waals surface area contributed by atoms with Gasteiger partial charge in [-0.2, -0.15) is 0 Å². The number of ether oxygens (including phenoxy) is 1. The van der Waals surface area contributed by atoms with E-state index < -0.39 is 0 Å². The van der Waals surface area contributed by atoms with Crippen LogP contribution in [0.25, 0.3) is 0 Å². The van der Waals surface area contributed by atoms with Gasteiger partial charge >= 0.3 is 0 Å². The minimum Gasteiger partial charge on any atom is -0.489 e. The minimum atomic E-state index is -0.314. The van der Waals surface area contributed by atoms with E-state index in [2.05, 4.69) is 38.2 Å². The van der Waals surface area contributed by atoms with Gasteiger partial charge in [0.2, 0.25) is 0 Å². The summed E-state index contributed by atoms with van der Waals surface area (Å²) in [6.07, 6.45) is 1.73. The zero-order valence-electron chi connectivity index (χ0n) is 15.1. The monoisotopic (exact) mass is 503 g/mol. The molecule has 2 N–H and O–H groups in total. The topological polar surface area (TPSA) is 63.2 Å². The SMILES string of the molecule is Cc1cc(I)cnc1NC(=S)NC(=O)c1cccc(OCc2ccccc2)c1. The Morgan fingerprint density at radius 1 is 1.14 bits per heavy atom. The van der Waals surface area contributed by atoms with Crippen LogP contribution in [0.1, 0.15) is 21.5 Å². The summed E-state index contributed by atoms with van der Waals surface area (Å²) < 4.78 is 6.80. The predicted octanol–water partition coefficient (Wildman–Crippen LogP) is 4.70. The van der Waals surface area contributed by atoms with Crippen LogP contribution < -0.4 is 15.4 Å². The van der Waals surface area contributed by atoms with Crippen molar-refractivity contribution < 1.29 is 9.53 Å². The highest BCUT2D eigenvalue weighted by Gasteiger charge is 2.10. The van der Waals surface area contributed by atoms with Gasteiger partial charge in [-0.1, -0.05) is 36.4 Å². The second-order valence-corrected chi connectivity index (χ2v) is 7.68. The third-order valence-corrected chi connectivity index (χ3v) is 4.64. The van der Waals surface area contributed by atoms with Crippen molar-refractivity contribution in [3.63, 3.8) is 0 Å². The Bertz CT molecular complexity index is 996. The fraction of sp³-hybridized carbons (Fsp3) is 0.0952. The molecule has 142 valence electrons. The van der Waals surface area contributed by atoms with Crippen molar-refractivity contribution in [1.82, 2.24) is 10.3 Å². The molecule has 1 heterocycles. The van der Waals surface area contributed by atoms with Crippen LogP contribution in [0.2, 0.25) is 0 Å². The van der Waals surface area contributed by atoms with Crippen molar-refractivity contribution in [3.05, 3.63) is 87.1 Å². The Balaban J connectivity index is 1.60. The van der Waals surface area contributed by atoms with E-state index in [1.807, 2.05) is 49.4 Å².